The van der Waals surface area contributed by atoms with E-state index in [-0.39, 0.29) is 29.5 Å². The minimum atomic E-state index is -3.74. The summed E-state index contributed by atoms with van der Waals surface area (Å²) in [6, 6.07) is 6.83. The first kappa shape index (κ1) is 25.0. The van der Waals surface area contributed by atoms with E-state index in [1.807, 2.05) is 13.8 Å². The number of benzene rings is 1. The van der Waals surface area contributed by atoms with E-state index < -0.39 is 9.84 Å². The topological polar surface area (TPSA) is 103 Å². The molecule has 1 aliphatic carbocycles. The molecule has 10 heteroatoms. The molecule has 0 spiro atoms. The summed E-state index contributed by atoms with van der Waals surface area (Å²) in [5, 5.41) is 2.92. The predicted molar refractivity (Wildman–Crippen MR) is 125 cm³/mol. The Hall–Kier alpha value is -2.59. The molecule has 1 aliphatic rings. The zero-order valence-corrected chi connectivity index (χ0v) is 20.6. The standard InChI is InChI=1S/C23H34N4O5S/c1-17(2)25-22(28)26(14-18-8-9-18)15-20-13-24-23(27(20)10-11-31-3)33(29,30)16-19-6-5-7-21(12-19)32-4/h5-7,12-13,17-18H,8-11,14-16H2,1-4H3,(H,25,28). The van der Waals surface area contributed by atoms with Crippen LogP contribution in [0.1, 0.15) is 37.9 Å². The highest BCUT2D eigenvalue weighted by atomic mass is 32.2. The van der Waals surface area contributed by atoms with Crippen molar-refractivity contribution in [1.82, 2.24) is 19.8 Å². The first-order chi connectivity index (χ1) is 15.7. The van der Waals surface area contributed by atoms with Crippen LogP contribution in [0, 0.1) is 5.92 Å². The van der Waals surface area contributed by atoms with Crippen LogP contribution in [0.15, 0.2) is 35.6 Å². The van der Waals surface area contributed by atoms with E-state index in [0.717, 1.165) is 12.8 Å². The molecule has 0 unspecified atom stereocenters. The van der Waals surface area contributed by atoms with Crippen LogP contribution in [-0.2, 0) is 33.4 Å². The number of hydrogen-bond acceptors (Lipinski definition) is 6. The second-order valence-electron chi connectivity index (χ2n) is 8.72. The number of rotatable bonds is 12. The fraction of sp³-hybridized carbons (Fsp3) is 0.565. The second kappa shape index (κ2) is 11.0. The normalized spacial score (nSPS) is 13.8. The highest BCUT2D eigenvalue weighted by Crippen LogP contribution is 2.30. The summed E-state index contributed by atoms with van der Waals surface area (Å²) in [6.07, 6.45) is 3.76. The zero-order valence-electron chi connectivity index (χ0n) is 19.8. The van der Waals surface area contributed by atoms with Crippen LogP contribution >= 0.6 is 0 Å². The molecule has 33 heavy (non-hydrogen) atoms. The SMILES string of the molecule is COCCn1c(CN(CC2CC2)C(=O)NC(C)C)cnc1S(=O)(=O)Cc1cccc(OC)c1. The van der Waals surface area contributed by atoms with Gasteiger partial charge in [-0.05, 0) is 50.3 Å². The molecule has 1 fully saturated rings. The van der Waals surface area contributed by atoms with Gasteiger partial charge in [0.1, 0.15) is 5.75 Å². The minimum absolute atomic E-state index is 0.0106. The quantitative estimate of drug-likeness (QED) is 0.503. The lowest BCUT2D eigenvalue weighted by atomic mass is 10.2. The Bertz CT molecular complexity index is 1050. The van der Waals surface area contributed by atoms with E-state index in [1.54, 1.807) is 54.1 Å². The van der Waals surface area contributed by atoms with Gasteiger partial charge in [-0.3, -0.25) is 0 Å². The maximum absolute atomic E-state index is 13.3. The number of aromatic nitrogens is 2. The van der Waals surface area contributed by atoms with Gasteiger partial charge in [0.05, 0.1) is 37.9 Å². The highest BCUT2D eigenvalue weighted by Gasteiger charge is 2.29. The van der Waals surface area contributed by atoms with Gasteiger partial charge in [-0.25, -0.2) is 18.2 Å². The number of carbonyl (C=O) groups is 1. The monoisotopic (exact) mass is 478 g/mol. The minimum Gasteiger partial charge on any atom is -0.497 e. The Balaban J connectivity index is 1.88. The Morgan fingerprint density at radius 1 is 1.30 bits per heavy atom. The van der Waals surface area contributed by atoms with Gasteiger partial charge in [0.25, 0.3) is 0 Å². The molecule has 1 heterocycles. The molecular weight excluding hydrogens is 444 g/mol. The van der Waals surface area contributed by atoms with Crippen LogP contribution in [0.4, 0.5) is 4.79 Å². The Labute approximate surface area is 196 Å². The van der Waals surface area contributed by atoms with E-state index in [4.69, 9.17) is 9.47 Å². The fourth-order valence-electron chi connectivity index (χ4n) is 3.60. The van der Waals surface area contributed by atoms with Crippen molar-refractivity contribution in [2.24, 2.45) is 5.92 Å². The molecule has 1 aromatic carbocycles. The van der Waals surface area contributed by atoms with Crippen molar-refractivity contribution in [2.45, 2.75) is 56.7 Å². The van der Waals surface area contributed by atoms with Crippen molar-refractivity contribution in [3.05, 3.63) is 41.7 Å². The average molecular weight is 479 g/mol. The number of nitrogens with one attached hydrogen (secondary N) is 1. The van der Waals surface area contributed by atoms with Crippen molar-refractivity contribution in [3.8, 4) is 5.75 Å². The van der Waals surface area contributed by atoms with Gasteiger partial charge in [0.15, 0.2) is 0 Å². The average Bonchev–Trinajstić information content (AvgIpc) is 3.48. The Kier molecular flexibility index (Phi) is 8.36. The molecular formula is C23H34N4O5S. The lowest BCUT2D eigenvalue weighted by molar-refractivity contribution is 0.177. The Morgan fingerprint density at radius 2 is 2.06 bits per heavy atom. The molecule has 3 rings (SSSR count). The van der Waals surface area contributed by atoms with Crippen LogP contribution in [0.3, 0.4) is 0 Å². The summed E-state index contributed by atoms with van der Waals surface area (Å²) in [6.45, 7) is 5.40. The van der Waals surface area contributed by atoms with Crippen LogP contribution in [0.25, 0.3) is 0 Å². The number of hydrogen-bond donors (Lipinski definition) is 1. The first-order valence-electron chi connectivity index (χ1n) is 11.2. The number of sulfone groups is 1. The predicted octanol–water partition coefficient (Wildman–Crippen LogP) is 2.84. The van der Waals surface area contributed by atoms with Gasteiger partial charge >= 0.3 is 6.03 Å². The summed E-state index contributed by atoms with van der Waals surface area (Å²) in [7, 11) is -0.635. The number of urea groups is 1. The molecule has 1 saturated carbocycles. The van der Waals surface area contributed by atoms with Gasteiger partial charge in [-0.2, -0.15) is 0 Å². The van der Waals surface area contributed by atoms with Gasteiger partial charge in [-0.15, -0.1) is 0 Å². The van der Waals surface area contributed by atoms with Crippen LogP contribution in [0.5, 0.6) is 5.75 Å². The van der Waals surface area contributed by atoms with Crippen molar-refractivity contribution >= 4 is 15.9 Å². The van der Waals surface area contributed by atoms with Crippen molar-refractivity contribution < 1.29 is 22.7 Å². The third kappa shape index (κ3) is 6.94. The van der Waals surface area contributed by atoms with Crippen LogP contribution in [0.2, 0.25) is 0 Å². The molecule has 0 radical (unpaired) electrons. The summed E-state index contributed by atoms with van der Waals surface area (Å²) < 4.78 is 38.7. The molecule has 9 nitrogen and oxygen atoms in total. The lowest BCUT2D eigenvalue weighted by Gasteiger charge is -2.25. The van der Waals surface area contributed by atoms with E-state index in [9.17, 15) is 13.2 Å². The summed E-state index contributed by atoms with van der Waals surface area (Å²) in [5.41, 5.74) is 1.28. The van der Waals surface area contributed by atoms with Gasteiger partial charge < -0.3 is 24.3 Å². The molecule has 0 bridgehead atoms. The molecule has 182 valence electrons. The van der Waals surface area contributed by atoms with E-state index >= 15 is 0 Å². The maximum Gasteiger partial charge on any atom is 0.317 e. The van der Waals surface area contributed by atoms with Crippen molar-refractivity contribution in [2.75, 3.05) is 27.4 Å². The summed E-state index contributed by atoms with van der Waals surface area (Å²) in [4.78, 5) is 18.8. The zero-order chi connectivity index (χ0) is 24.0. The molecule has 0 saturated heterocycles. The van der Waals surface area contributed by atoms with Crippen molar-refractivity contribution in [3.63, 3.8) is 0 Å². The Morgan fingerprint density at radius 3 is 2.70 bits per heavy atom. The largest absolute Gasteiger partial charge is 0.497 e. The second-order valence-corrected chi connectivity index (χ2v) is 10.6. The molecule has 0 atom stereocenters. The molecule has 2 aromatic rings. The van der Waals surface area contributed by atoms with E-state index in [1.165, 1.54) is 0 Å². The summed E-state index contributed by atoms with van der Waals surface area (Å²) >= 11 is 0. The van der Waals surface area contributed by atoms with E-state index in [2.05, 4.69) is 10.3 Å². The van der Waals surface area contributed by atoms with Crippen LogP contribution < -0.4 is 10.1 Å². The number of ether oxygens (including phenoxy) is 2. The third-order valence-electron chi connectivity index (χ3n) is 5.42. The lowest BCUT2D eigenvalue weighted by Crippen LogP contribution is -2.43. The third-order valence-corrected chi connectivity index (χ3v) is 7.01. The molecule has 0 aliphatic heterocycles. The number of methoxy groups -OCH3 is 2. The molecule has 1 aromatic heterocycles. The number of imidazole rings is 1. The van der Waals surface area contributed by atoms with Gasteiger partial charge in [-0.1, -0.05) is 12.1 Å². The highest BCUT2D eigenvalue weighted by molar-refractivity contribution is 7.90. The van der Waals surface area contributed by atoms with E-state index in [0.29, 0.717) is 42.6 Å². The maximum atomic E-state index is 13.3. The van der Waals surface area contributed by atoms with Crippen LogP contribution in [-0.4, -0.2) is 62.3 Å². The summed E-state index contributed by atoms with van der Waals surface area (Å²) in [5.74, 6) is 0.889. The number of carbonyl (C=O) groups excluding carboxylic acids is 1. The van der Waals surface area contributed by atoms with Crippen molar-refractivity contribution in [1.29, 1.82) is 0 Å². The molecule has 1 N–H and O–H groups in total. The fourth-order valence-corrected chi connectivity index (χ4v) is 5.10. The molecule has 2 amide bonds. The number of amides is 2. The first-order valence-corrected chi connectivity index (χ1v) is 12.8. The van der Waals surface area contributed by atoms with Gasteiger partial charge in [0, 0.05) is 26.2 Å². The van der Waals surface area contributed by atoms with Gasteiger partial charge in [0.2, 0.25) is 15.0 Å². The number of nitrogens with zero attached hydrogens (tertiary/aromatic N) is 3. The smallest absolute Gasteiger partial charge is 0.317 e.